The Morgan fingerprint density at radius 2 is 1.82 bits per heavy atom. The molecule has 3 aliphatic rings. The molecule has 1 aliphatic carbocycles. The maximum atomic E-state index is 13.1. The molecule has 0 bridgehead atoms. The number of aryl methyl sites for hydroxylation is 1. The van der Waals surface area contributed by atoms with Crippen LogP contribution in [0.3, 0.4) is 0 Å². The van der Waals surface area contributed by atoms with Gasteiger partial charge in [0.1, 0.15) is 17.3 Å². The first kappa shape index (κ1) is 21.9. The molecule has 2 amide bonds. The van der Waals surface area contributed by atoms with Crippen LogP contribution in [0.2, 0.25) is 0 Å². The third kappa shape index (κ3) is 4.48. The van der Waals surface area contributed by atoms with E-state index >= 15 is 0 Å². The van der Waals surface area contributed by atoms with Gasteiger partial charge in [-0.2, -0.15) is 0 Å². The molecule has 1 saturated carbocycles. The predicted octanol–water partition coefficient (Wildman–Crippen LogP) is 3.60. The molecular formula is C25H32N6O2. The van der Waals surface area contributed by atoms with E-state index < -0.39 is 0 Å². The van der Waals surface area contributed by atoms with Crippen LogP contribution < -0.4 is 4.90 Å². The molecule has 2 aliphatic heterocycles. The molecule has 33 heavy (non-hydrogen) atoms. The zero-order valence-corrected chi connectivity index (χ0v) is 19.4. The van der Waals surface area contributed by atoms with Crippen LogP contribution in [0.15, 0.2) is 18.6 Å². The Balaban J connectivity index is 1.43. The fourth-order valence-electron chi connectivity index (χ4n) is 5.58. The van der Waals surface area contributed by atoms with Gasteiger partial charge in [-0.3, -0.25) is 19.5 Å². The molecule has 174 valence electrons. The average Bonchev–Trinajstić information content (AvgIpc) is 3.13. The summed E-state index contributed by atoms with van der Waals surface area (Å²) >= 11 is 0. The molecule has 8 heteroatoms. The average molecular weight is 449 g/mol. The number of aromatic nitrogens is 4. The number of hydrogen-bond acceptors (Lipinski definition) is 6. The summed E-state index contributed by atoms with van der Waals surface area (Å²) in [7, 11) is 0. The van der Waals surface area contributed by atoms with Gasteiger partial charge in [0.25, 0.3) is 5.91 Å². The molecule has 0 aromatic carbocycles. The Morgan fingerprint density at radius 3 is 2.58 bits per heavy atom. The number of fused-ring (bicyclic) bond motifs is 1. The van der Waals surface area contributed by atoms with Crippen LogP contribution in [0.1, 0.15) is 91.3 Å². The van der Waals surface area contributed by atoms with Crippen LogP contribution in [0, 0.1) is 6.92 Å². The van der Waals surface area contributed by atoms with Crippen molar-refractivity contribution >= 4 is 17.6 Å². The number of hydrogen-bond donors (Lipinski definition) is 0. The first-order valence-corrected chi connectivity index (χ1v) is 12.4. The summed E-state index contributed by atoms with van der Waals surface area (Å²) in [5, 5.41) is 0. The summed E-state index contributed by atoms with van der Waals surface area (Å²) in [6.45, 7) is 3.30. The van der Waals surface area contributed by atoms with Crippen molar-refractivity contribution in [2.75, 3.05) is 18.0 Å². The molecule has 1 atom stereocenters. The number of amides is 2. The van der Waals surface area contributed by atoms with Gasteiger partial charge in [-0.25, -0.2) is 15.0 Å². The Morgan fingerprint density at radius 1 is 1.00 bits per heavy atom. The zero-order valence-electron chi connectivity index (χ0n) is 19.4. The van der Waals surface area contributed by atoms with E-state index in [2.05, 4.69) is 9.97 Å². The van der Waals surface area contributed by atoms with E-state index in [-0.39, 0.29) is 23.8 Å². The lowest BCUT2D eigenvalue weighted by Crippen LogP contribution is -2.45. The normalized spacial score (nSPS) is 22.1. The highest BCUT2D eigenvalue weighted by molar-refractivity contribution is 5.96. The second-order valence-corrected chi connectivity index (χ2v) is 9.56. The van der Waals surface area contributed by atoms with Gasteiger partial charge in [-0.15, -0.1) is 0 Å². The van der Waals surface area contributed by atoms with E-state index in [9.17, 15) is 9.59 Å². The van der Waals surface area contributed by atoms with Crippen LogP contribution in [-0.2, 0) is 11.2 Å². The SMILES string of the molecule is Cc1nc(C2CCCN(C(=O)c3cnccn3)C2)nc2c1CCC(=O)N2C1CCCCCC1. The van der Waals surface area contributed by atoms with Gasteiger partial charge >= 0.3 is 0 Å². The minimum Gasteiger partial charge on any atom is -0.337 e. The van der Waals surface area contributed by atoms with E-state index in [1.165, 1.54) is 31.9 Å². The Hall–Kier alpha value is -2.90. The molecule has 1 saturated heterocycles. The lowest BCUT2D eigenvalue weighted by Gasteiger charge is -2.37. The summed E-state index contributed by atoms with van der Waals surface area (Å²) in [4.78, 5) is 48.0. The topological polar surface area (TPSA) is 92.2 Å². The van der Waals surface area contributed by atoms with Crippen molar-refractivity contribution in [1.29, 1.82) is 0 Å². The summed E-state index contributed by atoms with van der Waals surface area (Å²) in [5.41, 5.74) is 2.45. The van der Waals surface area contributed by atoms with Gasteiger partial charge in [0.15, 0.2) is 0 Å². The fraction of sp³-hybridized carbons (Fsp3) is 0.600. The largest absolute Gasteiger partial charge is 0.337 e. The quantitative estimate of drug-likeness (QED) is 0.666. The van der Waals surface area contributed by atoms with Crippen molar-refractivity contribution in [3.8, 4) is 0 Å². The molecule has 5 rings (SSSR count). The van der Waals surface area contributed by atoms with Gasteiger partial charge in [0, 0.05) is 55.1 Å². The minimum atomic E-state index is -0.0993. The molecule has 8 nitrogen and oxygen atoms in total. The number of carbonyl (C=O) groups excluding carboxylic acids is 2. The van der Waals surface area contributed by atoms with Crippen molar-refractivity contribution in [2.24, 2.45) is 0 Å². The molecule has 0 spiro atoms. The van der Waals surface area contributed by atoms with Gasteiger partial charge < -0.3 is 4.90 Å². The monoisotopic (exact) mass is 448 g/mol. The van der Waals surface area contributed by atoms with Crippen LogP contribution in [-0.4, -0.2) is 55.8 Å². The number of rotatable bonds is 3. The van der Waals surface area contributed by atoms with Gasteiger partial charge in [0.05, 0.1) is 6.20 Å². The third-order valence-electron chi connectivity index (χ3n) is 7.34. The summed E-state index contributed by atoms with van der Waals surface area (Å²) < 4.78 is 0. The lowest BCUT2D eigenvalue weighted by atomic mass is 9.95. The number of carbonyl (C=O) groups is 2. The van der Waals surface area contributed by atoms with Crippen molar-refractivity contribution in [2.45, 2.75) is 83.1 Å². The van der Waals surface area contributed by atoms with Crippen molar-refractivity contribution in [1.82, 2.24) is 24.8 Å². The molecule has 2 aromatic heterocycles. The van der Waals surface area contributed by atoms with Gasteiger partial charge in [-0.05, 0) is 39.0 Å². The summed E-state index contributed by atoms with van der Waals surface area (Å²) in [5.74, 6) is 1.74. The summed E-state index contributed by atoms with van der Waals surface area (Å²) in [6.07, 6.45) is 14.6. The van der Waals surface area contributed by atoms with Crippen LogP contribution in [0.25, 0.3) is 0 Å². The van der Waals surface area contributed by atoms with E-state index in [0.717, 1.165) is 48.6 Å². The Bertz CT molecular complexity index is 1020. The number of likely N-dealkylation sites (tertiary alicyclic amines) is 1. The molecule has 2 aromatic rings. The lowest BCUT2D eigenvalue weighted by molar-refractivity contribution is -0.119. The molecule has 4 heterocycles. The van der Waals surface area contributed by atoms with Crippen LogP contribution in [0.4, 0.5) is 5.82 Å². The maximum absolute atomic E-state index is 13.1. The third-order valence-corrected chi connectivity index (χ3v) is 7.34. The van der Waals surface area contributed by atoms with Crippen molar-refractivity contribution < 1.29 is 9.59 Å². The van der Waals surface area contributed by atoms with E-state index in [4.69, 9.17) is 9.97 Å². The summed E-state index contributed by atoms with van der Waals surface area (Å²) in [6, 6.07) is 0.238. The number of piperidine rings is 1. The zero-order chi connectivity index (χ0) is 22.8. The van der Waals surface area contributed by atoms with Crippen LogP contribution in [0.5, 0.6) is 0 Å². The van der Waals surface area contributed by atoms with Crippen molar-refractivity contribution in [3.05, 3.63) is 41.4 Å². The minimum absolute atomic E-state index is 0.0522. The molecular weight excluding hydrogens is 416 g/mol. The molecule has 0 radical (unpaired) electrons. The van der Waals surface area contributed by atoms with Crippen molar-refractivity contribution in [3.63, 3.8) is 0 Å². The number of anilines is 1. The second kappa shape index (κ2) is 9.53. The van der Waals surface area contributed by atoms with Gasteiger partial charge in [-0.1, -0.05) is 25.7 Å². The highest BCUT2D eigenvalue weighted by Gasteiger charge is 2.35. The highest BCUT2D eigenvalue weighted by Crippen LogP contribution is 2.35. The number of nitrogens with zero attached hydrogens (tertiary/aromatic N) is 6. The standard InChI is InChI=1S/C25H32N6O2/c1-17-20-10-11-22(32)31(19-8-4-2-3-5-9-19)24(20)29-23(28-17)18-7-6-14-30(16-18)25(33)21-15-26-12-13-27-21/h12-13,15,18-19H,2-11,14,16H2,1H3. The second-order valence-electron chi connectivity index (χ2n) is 9.56. The highest BCUT2D eigenvalue weighted by atomic mass is 16.2. The Kier molecular flexibility index (Phi) is 6.33. The molecule has 2 fully saturated rings. The van der Waals surface area contributed by atoms with Crippen LogP contribution >= 0.6 is 0 Å². The smallest absolute Gasteiger partial charge is 0.274 e. The molecule has 0 N–H and O–H groups in total. The maximum Gasteiger partial charge on any atom is 0.274 e. The van der Waals surface area contributed by atoms with E-state index in [1.54, 1.807) is 12.4 Å². The first-order valence-electron chi connectivity index (χ1n) is 12.4. The molecule has 1 unspecified atom stereocenters. The Labute approximate surface area is 194 Å². The first-order chi connectivity index (χ1) is 16.1. The van der Waals surface area contributed by atoms with E-state index in [0.29, 0.717) is 31.6 Å². The van der Waals surface area contributed by atoms with E-state index in [1.807, 2.05) is 16.7 Å². The van der Waals surface area contributed by atoms with Gasteiger partial charge in [0.2, 0.25) is 5.91 Å². The predicted molar refractivity (Wildman–Crippen MR) is 124 cm³/mol. The fourth-order valence-corrected chi connectivity index (χ4v) is 5.58.